The molecule has 1 saturated heterocycles. The van der Waals surface area contributed by atoms with Crippen LogP contribution in [0.3, 0.4) is 0 Å². The fourth-order valence-corrected chi connectivity index (χ4v) is 5.51. The highest BCUT2D eigenvalue weighted by molar-refractivity contribution is 5.95. The highest BCUT2D eigenvalue weighted by Crippen LogP contribution is 2.46. The van der Waals surface area contributed by atoms with Gasteiger partial charge in [-0.3, -0.25) is 0 Å². The summed E-state index contributed by atoms with van der Waals surface area (Å²) in [6, 6.07) is 19.9. The Hall–Kier alpha value is -3.54. The summed E-state index contributed by atoms with van der Waals surface area (Å²) < 4.78 is 40.6. The van der Waals surface area contributed by atoms with Gasteiger partial charge in [-0.1, -0.05) is 42.5 Å². The first-order chi connectivity index (χ1) is 20.0. The Kier molecular flexibility index (Phi) is 8.28. The molecule has 42 heavy (non-hydrogen) atoms. The maximum atomic E-state index is 13.4. The molecule has 2 unspecified atom stereocenters. The van der Waals surface area contributed by atoms with Gasteiger partial charge in [0.1, 0.15) is 24.6 Å². The van der Waals surface area contributed by atoms with E-state index in [4.69, 9.17) is 33.2 Å². The maximum Gasteiger partial charge on any atom is 0.338 e. The number of rotatable bonds is 8. The van der Waals surface area contributed by atoms with Gasteiger partial charge in [-0.2, -0.15) is 0 Å². The van der Waals surface area contributed by atoms with Crippen LogP contribution in [0.5, 0.6) is 5.75 Å². The normalized spacial score (nSPS) is 30.8. The topological polar surface area (TPSA) is 119 Å². The minimum Gasteiger partial charge on any atom is -0.497 e. The van der Waals surface area contributed by atoms with Crippen molar-refractivity contribution in [1.29, 1.82) is 0 Å². The van der Waals surface area contributed by atoms with Gasteiger partial charge in [0.25, 0.3) is 0 Å². The lowest BCUT2D eigenvalue weighted by Gasteiger charge is -2.56. The summed E-state index contributed by atoms with van der Waals surface area (Å²) >= 11 is 0. The van der Waals surface area contributed by atoms with Crippen LogP contribution in [0.2, 0.25) is 0 Å². The van der Waals surface area contributed by atoms with Gasteiger partial charge < -0.3 is 38.3 Å². The third kappa shape index (κ3) is 5.60. The molecule has 6 atom stereocenters. The molecule has 0 spiro atoms. The summed E-state index contributed by atoms with van der Waals surface area (Å²) in [5.41, 5.74) is -1.02. The van der Waals surface area contributed by atoms with E-state index in [9.17, 15) is 14.7 Å². The van der Waals surface area contributed by atoms with Crippen LogP contribution in [0.15, 0.2) is 66.7 Å². The largest absolute Gasteiger partial charge is 0.497 e. The van der Waals surface area contributed by atoms with E-state index in [2.05, 4.69) is 0 Å². The molecule has 2 fully saturated rings. The number of hydrogen-bond donors (Lipinski definition) is 1. The number of carbonyl (C=O) groups excluding carboxylic acids is 2. The van der Waals surface area contributed by atoms with Crippen LogP contribution >= 0.6 is 0 Å². The second kappa shape index (κ2) is 11.6. The van der Waals surface area contributed by atoms with Crippen molar-refractivity contribution in [1.82, 2.24) is 0 Å². The van der Waals surface area contributed by atoms with Crippen molar-refractivity contribution in [3.05, 3.63) is 77.9 Å². The van der Waals surface area contributed by atoms with Crippen molar-refractivity contribution in [3.8, 4) is 5.75 Å². The Labute approximate surface area is 244 Å². The molecule has 1 aliphatic carbocycles. The lowest BCUT2D eigenvalue weighted by Crippen LogP contribution is -2.71. The smallest absolute Gasteiger partial charge is 0.338 e. The number of carbonyl (C=O) groups is 2. The average Bonchev–Trinajstić information content (AvgIpc) is 3.00. The van der Waals surface area contributed by atoms with Gasteiger partial charge in [0.2, 0.25) is 11.6 Å². The minimum absolute atomic E-state index is 0.0737. The molecule has 10 heteroatoms. The van der Waals surface area contributed by atoms with Crippen molar-refractivity contribution in [2.75, 3.05) is 21.3 Å². The third-order valence-corrected chi connectivity index (χ3v) is 8.30. The van der Waals surface area contributed by atoms with Crippen LogP contribution in [0.4, 0.5) is 0 Å². The lowest BCUT2D eigenvalue weighted by molar-refractivity contribution is -0.460. The van der Waals surface area contributed by atoms with Crippen molar-refractivity contribution < 1.29 is 47.9 Å². The van der Waals surface area contributed by atoms with Crippen LogP contribution in [-0.4, -0.2) is 73.9 Å². The predicted molar refractivity (Wildman–Crippen MR) is 151 cm³/mol. The second-order valence-corrected chi connectivity index (χ2v) is 10.9. The van der Waals surface area contributed by atoms with Gasteiger partial charge in [0.05, 0.1) is 18.8 Å². The third-order valence-electron chi connectivity index (χ3n) is 8.30. The summed E-state index contributed by atoms with van der Waals surface area (Å²) in [6.45, 7) is 3.22. The van der Waals surface area contributed by atoms with Gasteiger partial charge in [-0.25, -0.2) is 9.59 Å². The summed E-state index contributed by atoms with van der Waals surface area (Å²) in [4.78, 5) is 26.8. The van der Waals surface area contributed by atoms with Crippen molar-refractivity contribution in [2.45, 2.75) is 68.8 Å². The fraction of sp³-hybridized carbons (Fsp3) is 0.438. The average molecular weight is 581 g/mol. The first kappa shape index (κ1) is 29.9. The van der Waals surface area contributed by atoms with Crippen molar-refractivity contribution >= 4 is 22.7 Å². The van der Waals surface area contributed by atoms with Crippen LogP contribution in [0.25, 0.3) is 10.8 Å². The molecule has 2 aliphatic rings. The molecule has 0 aromatic heterocycles. The van der Waals surface area contributed by atoms with Crippen LogP contribution in [0, 0.1) is 0 Å². The van der Waals surface area contributed by atoms with E-state index < -0.39 is 47.4 Å². The van der Waals surface area contributed by atoms with Crippen LogP contribution in [-0.2, 0) is 39.8 Å². The zero-order valence-electron chi connectivity index (χ0n) is 24.3. The number of esters is 2. The zero-order valence-corrected chi connectivity index (χ0v) is 24.3. The standard InChI is InChI=1S/C32H36O10/c1-30(37-4)31(2,38-5)42-27-25(40-28(33)23-13-12-21-8-6-7-9-22(21)16-23)17-32(35,18-26(27)41-30)29(34)39-19-20-10-14-24(36-3)15-11-20/h6-16,25-27,35H,17-19H2,1-5H3/t25-,26?,27?,30+,31+,32+/m1/s1. The monoisotopic (exact) mass is 580 g/mol. The van der Waals surface area contributed by atoms with E-state index in [0.717, 1.165) is 10.8 Å². The highest BCUT2D eigenvalue weighted by atomic mass is 16.8. The predicted octanol–water partition coefficient (Wildman–Crippen LogP) is 4.15. The van der Waals surface area contributed by atoms with Gasteiger partial charge >= 0.3 is 11.9 Å². The molecule has 1 N–H and O–H groups in total. The van der Waals surface area contributed by atoms with Gasteiger partial charge in [0, 0.05) is 27.1 Å². The minimum atomic E-state index is -2.04. The van der Waals surface area contributed by atoms with Gasteiger partial charge in [0.15, 0.2) is 5.60 Å². The molecule has 1 aliphatic heterocycles. The SMILES string of the molecule is COc1ccc(COC(=O)[C@@]2(O)CC3O[C@](C)(OC)[C@@](C)(OC)OC3[C@H](OC(=O)c3ccc4ccccc4c3)C2)cc1. The molecule has 224 valence electrons. The Balaban J connectivity index is 1.41. The Morgan fingerprint density at radius 1 is 0.881 bits per heavy atom. The van der Waals surface area contributed by atoms with Gasteiger partial charge in [-0.15, -0.1) is 0 Å². The molecule has 0 bridgehead atoms. The molecule has 3 aromatic carbocycles. The van der Waals surface area contributed by atoms with E-state index in [1.807, 2.05) is 30.3 Å². The molecule has 1 saturated carbocycles. The first-order valence-corrected chi connectivity index (χ1v) is 13.7. The first-order valence-electron chi connectivity index (χ1n) is 13.7. The number of aliphatic hydroxyl groups is 1. The summed E-state index contributed by atoms with van der Waals surface area (Å²) in [6.07, 6.45) is -3.32. The number of methoxy groups -OCH3 is 3. The molecule has 0 amide bonds. The highest BCUT2D eigenvalue weighted by Gasteiger charge is 2.63. The maximum absolute atomic E-state index is 13.4. The Morgan fingerprint density at radius 3 is 2.21 bits per heavy atom. The molecule has 1 heterocycles. The Morgan fingerprint density at radius 2 is 1.55 bits per heavy atom. The molecule has 0 radical (unpaired) electrons. The Bertz CT molecular complexity index is 1440. The van der Waals surface area contributed by atoms with E-state index in [1.165, 1.54) is 14.2 Å². The summed E-state index contributed by atoms with van der Waals surface area (Å²) in [5, 5.41) is 13.5. The number of hydrogen-bond acceptors (Lipinski definition) is 10. The fourth-order valence-electron chi connectivity index (χ4n) is 5.51. The second-order valence-electron chi connectivity index (χ2n) is 10.9. The molecule has 5 rings (SSSR count). The lowest BCUT2D eigenvalue weighted by atomic mass is 9.78. The summed E-state index contributed by atoms with van der Waals surface area (Å²) in [7, 11) is 4.45. The van der Waals surface area contributed by atoms with E-state index in [1.54, 1.807) is 57.4 Å². The number of benzene rings is 3. The molecular weight excluding hydrogens is 544 g/mol. The van der Waals surface area contributed by atoms with Crippen LogP contribution < -0.4 is 4.74 Å². The van der Waals surface area contributed by atoms with E-state index in [-0.39, 0.29) is 19.4 Å². The van der Waals surface area contributed by atoms with Crippen LogP contribution in [0.1, 0.15) is 42.6 Å². The van der Waals surface area contributed by atoms with Gasteiger partial charge in [-0.05, 0) is 54.4 Å². The summed E-state index contributed by atoms with van der Waals surface area (Å²) in [5.74, 6) is -3.63. The number of fused-ring (bicyclic) bond motifs is 2. The molecular formula is C32H36O10. The zero-order chi connectivity index (χ0) is 30.1. The van der Waals surface area contributed by atoms with E-state index >= 15 is 0 Å². The molecule has 10 nitrogen and oxygen atoms in total. The quantitative estimate of drug-likeness (QED) is 0.389. The molecule has 3 aromatic rings. The van der Waals surface area contributed by atoms with E-state index in [0.29, 0.717) is 16.9 Å². The van der Waals surface area contributed by atoms with Crippen molar-refractivity contribution in [2.24, 2.45) is 0 Å². The van der Waals surface area contributed by atoms with Crippen molar-refractivity contribution in [3.63, 3.8) is 0 Å². The number of ether oxygens (including phenoxy) is 7.